The fourth-order valence-corrected chi connectivity index (χ4v) is 3.45. The standard InChI is InChI=1S/C7H6ClN3O2S2/c8-5-1-2-7(14-5)15(12,13)11-6-3-4-9-10-6/h1-4H,(H2,9,10,11). The van der Waals surface area contributed by atoms with E-state index in [9.17, 15) is 8.42 Å². The predicted molar refractivity (Wildman–Crippen MR) is 58.7 cm³/mol. The van der Waals surface area contributed by atoms with Crippen molar-refractivity contribution in [3.63, 3.8) is 0 Å². The summed E-state index contributed by atoms with van der Waals surface area (Å²) in [7, 11) is -3.55. The highest BCUT2D eigenvalue weighted by molar-refractivity contribution is 7.94. The number of rotatable bonds is 3. The molecular weight excluding hydrogens is 258 g/mol. The molecule has 0 saturated carbocycles. The number of nitrogens with one attached hydrogen (secondary N) is 2. The van der Waals surface area contributed by atoms with Gasteiger partial charge in [0.05, 0.1) is 10.5 Å². The van der Waals surface area contributed by atoms with E-state index in [2.05, 4.69) is 14.9 Å². The summed E-state index contributed by atoms with van der Waals surface area (Å²) in [5, 5.41) is 6.13. The van der Waals surface area contributed by atoms with Gasteiger partial charge in [0.25, 0.3) is 10.0 Å². The summed E-state index contributed by atoms with van der Waals surface area (Å²) in [5.74, 6) is 0.319. The Morgan fingerprint density at radius 3 is 2.73 bits per heavy atom. The molecule has 0 saturated heterocycles. The molecule has 0 bridgehead atoms. The van der Waals surface area contributed by atoms with E-state index in [1.165, 1.54) is 24.4 Å². The van der Waals surface area contributed by atoms with Gasteiger partial charge in [0.1, 0.15) is 10.0 Å². The Hall–Kier alpha value is -1.05. The van der Waals surface area contributed by atoms with Crippen molar-refractivity contribution in [2.75, 3.05) is 4.72 Å². The average Bonchev–Trinajstić information content (AvgIpc) is 2.75. The number of anilines is 1. The molecule has 0 amide bonds. The number of nitrogens with zero attached hydrogens (tertiary/aromatic N) is 1. The lowest BCUT2D eigenvalue weighted by atomic mass is 10.7. The molecule has 2 N–H and O–H groups in total. The van der Waals surface area contributed by atoms with E-state index in [-0.39, 0.29) is 4.21 Å². The quantitative estimate of drug-likeness (QED) is 0.888. The molecule has 2 heterocycles. The van der Waals surface area contributed by atoms with Crippen LogP contribution in [0.4, 0.5) is 5.82 Å². The Bertz CT molecular complexity index is 547. The van der Waals surface area contributed by atoms with Crippen LogP contribution in [-0.4, -0.2) is 18.6 Å². The minimum Gasteiger partial charge on any atom is -0.263 e. The molecule has 0 radical (unpaired) electrons. The van der Waals surface area contributed by atoms with Crippen LogP contribution < -0.4 is 4.72 Å². The number of halogens is 1. The van der Waals surface area contributed by atoms with Crippen LogP contribution in [0.15, 0.2) is 28.6 Å². The Balaban J connectivity index is 2.28. The highest BCUT2D eigenvalue weighted by Gasteiger charge is 2.16. The maximum absolute atomic E-state index is 11.7. The van der Waals surface area contributed by atoms with Crippen molar-refractivity contribution in [1.29, 1.82) is 0 Å². The van der Waals surface area contributed by atoms with Gasteiger partial charge in [-0.2, -0.15) is 5.10 Å². The van der Waals surface area contributed by atoms with Crippen molar-refractivity contribution in [1.82, 2.24) is 10.2 Å². The van der Waals surface area contributed by atoms with Crippen LogP contribution in [0.3, 0.4) is 0 Å². The molecule has 0 aliphatic rings. The second kappa shape index (κ2) is 3.84. The third-order valence-corrected chi connectivity index (χ3v) is 4.65. The number of sulfonamides is 1. The zero-order valence-corrected chi connectivity index (χ0v) is 9.66. The van der Waals surface area contributed by atoms with Crippen molar-refractivity contribution in [3.8, 4) is 0 Å². The van der Waals surface area contributed by atoms with E-state index < -0.39 is 10.0 Å². The van der Waals surface area contributed by atoms with E-state index in [0.717, 1.165) is 11.3 Å². The highest BCUT2D eigenvalue weighted by Crippen LogP contribution is 2.26. The SMILES string of the molecule is O=S(=O)(Nc1ccn[nH]1)c1ccc(Cl)s1. The van der Waals surface area contributed by atoms with Crippen molar-refractivity contribution in [3.05, 3.63) is 28.7 Å². The van der Waals surface area contributed by atoms with Crippen LogP contribution in [0.5, 0.6) is 0 Å². The van der Waals surface area contributed by atoms with Crippen LogP contribution >= 0.6 is 22.9 Å². The molecule has 15 heavy (non-hydrogen) atoms. The van der Waals surface area contributed by atoms with Crippen LogP contribution in [0, 0.1) is 0 Å². The fourth-order valence-electron chi connectivity index (χ4n) is 0.950. The number of aromatic amines is 1. The summed E-state index contributed by atoms with van der Waals surface area (Å²) in [6.07, 6.45) is 1.46. The minimum atomic E-state index is -3.55. The summed E-state index contributed by atoms with van der Waals surface area (Å²) < 4.78 is 26.3. The normalized spacial score (nSPS) is 11.5. The summed E-state index contributed by atoms with van der Waals surface area (Å²) in [6.45, 7) is 0. The molecule has 0 aliphatic heterocycles. The van der Waals surface area contributed by atoms with E-state index in [0.29, 0.717) is 10.2 Å². The number of hydrogen-bond donors (Lipinski definition) is 2. The van der Waals surface area contributed by atoms with Crippen LogP contribution in [0.2, 0.25) is 4.34 Å². The zero-order chi connectivity index (χ0) is 10.9. The van der Waals surface area contributed by atoms with Crippen LogP contribution in [-0.2, 0) is 10.0 Å². The summed E-state index contributed by atoms with van der Waals surface area (Å²) >= 11 is 6.65. The molecule has 0 unspecified atom stereocenters. The number of hydrogen-bond acceptors (Lipinski definition) is 4. The van der Waals surface area contributed by atoms with E-state index in [4.69, 9.17) is 11.6 Å². The summed E-state index contributed by atoms with van der Waals surface area (Å²) in [6, 6.07) is 4.51. The maximum atomic E-state index is 11.7. The van der Waals surface area contributed by atoms with E-state index in [1.807, 2.05) is 0 Å². The Labute approximate surface area is 95.1 Å². The highest BCUT2D eigenvalue weighted by atomic mass is 35.5. The minimum absolute atomic E-state index is 0.169. The largest absolute Gasteiger partial charge is 0.272 e. The van der Waals surface area contributed by atoms with Gasteiger partial charge in [-0.3, -0.25) is 9.82 Å². The van der Waals surface area contributed by atoms with Crippen LogP contribution in [0.1, 0.15) is 0 Å². The molecule has 2 aromatic rings. The van der Waals surface area contributed by atoms with E-state index >= 15 is 0 Å². The molecule has 0 spiro atoms. The van der Waals surface area contributed by atoms with Gasteiger partial charge >= 0.3 is 0 Å². The third kappa shape index (κ3) is 2.31. The monoisotopic (exact) mass is 263 g/mol. The van der Waals surface area contributed by atoms with Gasteiger partial charge < -0.3 is 0 Å². The summed E-state index contributed by atoms with van der Waals surface area (Å²) in [4.78, 5) is 0. The zero-order valence-electron chi connectivity index (χ0n) is 7.27. The molecule has 2 rings (SSSR count). The third-order valence-electron chi connectivity index (χ3n) is 1.56. The molecule has 0 atom stereocenters. The van der Waals surface area contributed by atoms with Gasteiger partial charge in [-0.15, -0.1) is 11.3 Å². The average molecular weight is 264 g/mol. The first-order valence-electron chi connectivity index (χ1n) is 3.85. The molecule has 0 aliphatic carbocycles. The Kier molecular flexibility index (Phi) is 2.68. The molecule has 5 nitrogen and oxygen atoms in total. The molecule has 80 valence electrons. The van der Waals surface area contributed by atoms with Gasteiger partial charge in [-0.25, -0.2) is 8.42 Å². The lowest BCUT2D eigenvalue weighted by molar-refractivity contribution is 0.603. The van der Waals surface area contributed by atoms with E-state index in [1.54, 1.807) is 0 Å². The van der Waals surface area contributed by atoms with Crippen molar-refractivity contribution in [2.24, 2.45) is 0 Å². The van der Waals surface area contributed by atoms with Crippen molar-refractivity contribution >= 4 is 38.8 Å². The van der Waals surface area contributed by atoms with Gasteiger partial charge in [-0.1, -0.05) is 11.6 Å². The Morgan fingerprint density at radius 1 is 1.40 bits per heavy atom. The smallest absolute Gasteiger partial charge is 0.263 e. The Morgan fingerprint density at radius 2 is 2.20 bits per heavy atom. The second-order valence-corrected chi connectivity index (χ2v) is 6.26. The maximum Gasteiger partial charge on any atom is 0.272 e. The predicted octanol–water partition coefficient (Wildman–Crippen LogP) is 1.93. The van der Waals surface area contributed by atoms with Crippen molar-refractivity contribution < 1.29 is 8.42 Å². The molecular formula is C7H6ClN3O2S2. The second-order valence-electron chi connectivity index (χ2n) is 2.63. The summed E-state index contributed by atoms with van der Waals surface area (Å²) in [5.41, 5.74) is 0. The lowest BCUT2D eigenvalue weighted by Gasteiger charge is -2.01. The van der Waals surface area contributed by atoms with Gasteiger partial charge in [0.15, 0.2) is 0 Å². The number of H-pyrrole nitrogens is 1. The lowest BCUT2D eigenvalue weighted by Crippen LogP contribution is -2.11. The molecule has 2 aromatic heterocycles. The number of thiophene rings is 1. The van der Waals surface area contributed by atoms with Gasteiger partial charge in [0.2, 0.25) is 0 Å². The van der Waals surface area contributed by atoms with Gasteiger partial charge in [0, 0.05) is 6.07 Å². The number of aromatic nitrogens is 2. The fraction of sp³-hybridized carbons (Fsp3) is 0. The molecule has 8 heteroatoms. The first-order chi connectivity index (χ1) is 7.08. The van der Waals surface area contributed by atoms with Crippen LogP contribution in [0.25, 0.3) is 0 Å². The molecule has 0 fully saturated rings. The topological polar surface area (TPSA) is 74.8 Å². The van der Waals surface area contributed by atoms with Crippen molar-refractivity contribution in [2.45, 2.75) is 4.21 Å². The van der Waals surface area contributed by atoms with Gasteiger partial charge in [-0.05, 0) is 12.1 Å². The first kappa shape index (κ1) is 10.5. The first-order valence-corrected chi connectivity index (χ1v) is 6.53. The molecule has 0 aromatic carbocycles.